The number of rotatable bonds is 8. The summed E-state index contributed by atoms with van der Waals surface area (Å²) in [6.45, 7) is 3.31. The molecule has 1 fully saturated rings. The van der Waals surface area contributed by atoms with Gasteiger partial charge in [-0.2, -0.15) is 0 Å². The molecule has 25 heavy (non-hydrogen) atoms. The number of ether oxygens (including phenoxy) is 2. The molecule has 0 aliphatic heterocycles. The van der Waals surface area contributed by atoms with E-state index in [4.69, 9.17) is 9.47 Å². The van der Waals surface area contributed by atoms with Gasteiger partial charge in [-0.1, -0.05) is 25.7 Å². The van der Waals surface area contributed by atoms with Gasteiger partial charge in [0.1, 0.15) is 11.5 Å². The van der Waals surface area contributed by atoms with E-state index in [0.717, 1.165) is 18.6 Å². The number of amides is 1. The normalized spacial score (nSPS) is 17.0. The lowest BCUT2D eigenvalue weighted by Crippen LogP contribution is -2.53. The molecular weight excluding hydrogens is 316 g/mol. The SMILES string of the molecule is CCOc1ccc(OCC(=O)NCC2(N(C)C)CCCCCC2)cc1. The molecular formula is C20H32N2O3. The fraction of sp³-hybridized carbons (Fsp3) is 0.650. The number of likely N-dealkylation sites (N-methyl/N-ethyl adjacent to an activating group) is 1. The molecule has 2 rings (SSSR count). The predicted octanol–water partition coefficient (Wildman–Crippen LogP) is 3.23. The van der Waals surface area contributed by atoms with Gasteiger partial charge < -0.3 is 19.7 Å². The minimum atomic E-state index is -0.0700. The van der Waals surface area contributed by atoms with Crippen molar-refractivity contribution >= 4 is 5.91 Å². The molecule has 1 aliphatic carbocycles. The maximum absolute atomic E-state index is 12.2. The summed E-state index contributed by atoms with van der Waals surface area (Å²) < 4.78 is 11.0. The van der Waals surface area contributed by atoms with E-state index in [1.165, 1.54) is 25.7 Å². The fourth-order valence-corrected chi connectivity index (χ4v) is 3.43. The van der Waals surface area contributed by atoms with Gasteiger partial charge in [-0.3, -0.25) is 4.79 Å². The molecule has 0 radical (unpaired) electrons. The Bertz CT molecular complexity index is 520. The van der Waals surface area contributed by atoms with Crippen molar-refractivity contribution in [3.63, 3.8) is 0 Å². The second kappa shape index (κ2) is 9.66. The molecule has 140 valence electrons. The van der Waals surface area contributed by atoms with Crippen LogP contribution in [0.2, 0.25) is 0 Å². The molecule has 1 N–H and O–H groups in total. The first-order chi connectivity index (χ1) is 12.1. The third kappa shape index (κ3) is 5.92. The largest absolute Gasteiger partial charge is 0.494 e. The highest BCUT2D eigenvalue weighted by molar-refractivity contribution is 5.77. The van der Waals surface area contributed by atoms with Crippen molar-refractivity contribution in [2.24, 2.45) is 0 Å². The molecule has 5 nitrogen and oxygen atoms in total. The molecule has 1 aromatic carbocycles. The van der Waals surface area contributed by atoms with E-state index in [9.17, 15) is 4.79 Å². The van der Waals surface area contributed by atoms with Gasteiger partial charge in [-0.05, 0) is 58.1 Å². The molecule has 0 spiro atoms. The minimum Gasteiger partial charge on any atom is -0.494 e. The van der Waals surface area contributed by atoms with Crippen LogP contribution in [0.15, 0.2) is 24.3 Å². The monoisotopic (exact) mass is 348 g/mol. The molecule has 1 aromatic rings. The molecule has 0 atom stereocenters. The summed E-state index contributed by atoms with van der Waals surface area (Å²) in [6.07, 6.45) is 7.34. The molecule has 1 amide bonds. The average Bonchev–Trinajstić information content (AvgIpc) is 2.86. The van der Waals surface area contributed by atoms with Crippen molar-refractivity contribution in [2.75, 3.05) is 33.9 Å². The van der Waals surface area contributed by atoms with Gasteiger partial charge in [0.25, 0.3) is 5.91 Å². The Kier molecular flexibility index (Phi) is 7.56. The van der Waals surface area contributed by atoms with E-state index in [1.54, 1.807) is 0 Å². The van der Waals surface area contributed by atoms with E-state index < -0.39 is 0 Å². The van der Waals surface area contributed by atoms with Crippen LogP contribution in [0.4, 0.5) is 0 Å². The molecule has 1 aliphatic rings. The van der Waals surface area contributed by atoms with Gasteiger partial charge in [-0.25, -0.2) is 0 Å². The van der Waals surface area contributed by atoms with Crippen molar-refractivity contribution in [1.29, 1.82) is 0 Å². The molecule has 1 saturated carbocycles. The van der Waals surface area contributed by atoms with Crippen LogP contribution in [0, 0.1) is 0 Å². The zero-order valence-corrected chi connectivity index (χ0v) is 15.8. The number of nitrogens with one attached hydrogen (secondary N) is 1. The summed E-state index contributed by atoms with van der Waals surface area (Å²) in [5, 5.41) is 3.07. The molecule has 0 saturated heterocycles. The van der Waals surface area contributed by atoms with Gasteiger partial charge in [0.2, 0.25) is 0 Å². The Hall–Kier alpha value is -1.75. The van der Waals surface area contributed by atoms with E-state index in [1.807, 2.05) is 31.2 Å². The number of nitrogens with zero attached hydrogens (tertiary/aromatic N) is 1. The van der Waals surface area contributed by atoms with Crippen molar-refractivity contribution in [1.82, 2.24) is 10.2 Å². The first kappa shape index (κ1) is 19.6. The lowest BCUT2D eigenvalue weighted by molar-refractivity contribution is -0.123. The van der Waals surface area contributed by atoms with Crippen LogP contribution in [0.1, 0.15) is 45.4 Å². The van der Waals surface area contributed by atoms with Gasteiger partial charge in [-0.15, -0.1) is 0 Å². The molecule has 0 unspecified atom stereocenters. The summed E-state index contributed by atoms with van der Waals surface area (Å²) in [6, 6.07) is 7.35. The first-order valence-electron chi connectivity index (χ1n) is 9.35. The highest BCUT2D eigenvalue weighted by Crippen LogP contribution is 2.30. The standard InChI is InChI=1S/C20H32N2O3/c1-4-24-17-9-11-18(12-10-17)25-15-19(23)21-16-20(22(2)3)13-7-5-6-8-14-20/h9-12H,4-8,13-16H2,1-3H3,(H,21,23). The van der Waals surface area contributed by atoms with E-state index in [2.05, 4.69) is 24.3 Å². The Balaban J connectivity index is 1.80. The van der Waals surface area contributed by atoms with Gasteiger partial charge in [0.15, 0.2) is 6.61 Å². The second-order valence-electron chi connectivity index (χ2n) is 7.00. The maximum atomic E-state index is 12.2. The van der Waals surface area contributed by atoms with Crippen LogP contribution in [0.5, 0.6) is 11.5 Å². The van der Waals surface area contributed by atoms with Crippen LogP contribution in [0.25, 0.3) is 0 Å². The first-order valence-corrected chi connectivity index (χ1v) is 9.35. The van der Waals surface area contributed by atoms with Crippen LogP contribution in [0.3, 0.4) is 0 Å². The average molecular weight is 348 g/mol. The highest BCUT2D eigenvalue weighted by Gasteiger charge is 2.33. The van der Waals surface area contributed by atoms with E-state index in [0.29, 0.717) is 18.9 Å². The molecule has 0 bridgehead atoms. The minimum absolute atomic E-state index is 0.0392. The van der Waals surface area contributed by atoms with Crippen LogP contribution in [-0.2, 0) is 4.79 Å². The smallest absolute Gasteiger partial charge is 0.258 e. The summed E-state index contributed by atoms with van der Waals surface area (Å²) in [4.78, 5) is 14.5. The van der Waals surface area contributed by atoms with Crippen LogP contribution >= 0.6 is 0 Å². The topological polar surface area (TPSA) is 50.8 Å². The summed E-state index contributed by atoms with van der Waals surface area (Å²) >= 11 is 0. The van der Waals surface area contributed by atoms with Crippen molar-refractivity contribution in [2.45, 2.75) is 51.0 Å². The quantitative estimate of drug-likeness (QED) is 0.733. The maximum Gasteiger partial charge on any atom is 0.258 e. The van der Waals surface area contributed by atoms with Crippen LogP contribution < -0.4 is 14.8 Å². The Morgan fingerprint density at radius 1 is 1.04 bits per heavy atom. The highest BCUT2D eigenvalue weighted by atomic mass is 16.5. The van der Waals surface area contributed by atoms with Crippen molar-refractivity contribution < 1.29 is 14.3 Å². The Morgan fingerprint density at radius 2 is 1.60 bits per heavy atom. The second-order valence-corrected chi connectivity index (χ2v) is 7.00. The van der Waals surface area contributed by atoms with Gasteiger partial charge >= 0.3 is 0 Å². The summed E-state index contributed by atoms with van der Waals surface area (Å²) in [5.74, 6) is 1.41. The third-order valence-electron chi connectivity index (χ3n) is 5.10. The van der Waals surface area contributed by atoms with Crippen molar-refractivity contribution in [3.05, 3.63) is 24.3 Å². The fourth-order valence-electron chi connectivity index (χ4n) is 3.43. The number of hydrogen-bond acceptors (Lipinski definition) is 4. The lowest BCUT2D eigenvalue weighted by atomic mass is 9.88. The molecule has 0 heterocycles. The zero-order chi connectivity index (χ0) is 18.1. The number of carbonyl (C=O) groups excluding carboxylic acids is 1. The molecule has 0 aromatic heterocycles. The summed E-state index contributed by atoms with van der Waals surface area (Å²) in [7, 11) is 4.24. The van der Waals surface area contributed by atoms with Gasteiger partial charge in [0, 0.05) is 12.1 Å². The van der Waals surface area contributed by atoms with Crippen LogP contribution in [-0.4, -0.2) is 50.2 Å². The number of benzene rings is 1. The zero-order valence-electron chi connectivity index (χ0n) is 15.8. The number of hydrogen-bond donors (Lipinski definition) is 1. The van der Waals surface area contributed by atoms with E-state index >= 15 is 0 Å². The lowest BCUT2D eigenvalue weighted by Gasteiger charge is -2.39. The van der Waals surface area contributed by atoms with E-state index in [-0.39, 0.29) is 18.1 Å². The number of carbonyl (C=O) groups is 1. The summed E-state index contributed by atoms with van der Waals surface area (Å²) in [5.41, 5.74) is 0.0747. The van der Waals surface area contributed by atoms with Crippen molar-refractivity contribution in [3.8, 4) is 11.5 Å². The molecule has 5 heteroatoms. The Labute approximate surface area is 151 Å². The predicted molar refractivity (Wildman–Crippen MR) is 100 cm³/mol. The Morgan fingerprint density at radius 3 is 2.12 bits per heavy atom. The van der Waals surface area contributed by atoms with Gasteiger partial charge in [0.05, 0.1) is 6.61 Å². The third-order valence-corrected chi connectivity index (χ3v) is 5.10.